The van der Waals surface area contributed by atoms with E-state index in [2.05, 4.69) is 30.4 Å². The second-order valence-corrected chi connectivity index (χ2v) is 13.6. The number of carboxylic acid groups (broad SMARTS) is 1. The molecular formula is C26H50O6PS2+. The fourth-order valence-electron chi connectivity index (χ4n) is 4.40. The van der Waals surface area contributed by atoms with Crippen LogP contribution in [0.2, 0.25) is 0 Å². The largest absolute Gasteiger partial charge is 0.586 e. The third kappa shape index (κ3) is 14.0. The Labute approximate surface area is 223 Å². The number of hydrogen-bond acceptors (Lipinski definition) is 6. The van der Waals surface area contributed by atoms with Gasteiger partial charge in [-0.1, -0.05) is 65.2 Å². The number of carboxylic acids is 1. The van der Waals surface area contributed by atoms with Crippen molar-refractivity contribution in [2.24, 2.45) is 0 Å². The lowest BCUT2D eigenvalue weighted by atomic mass is 10.0. The van der Waals surface area contributed by atoms with E-state index in [1.54, 1.807) is 13.8 Å². The Balaban J connectivity index is 2.06. The van der Waals surface area contributed by atoms with Gasteiger partial charge in [-0.25, -0.2) is 4.79 Å². The van der Waals surface area contributed by atoms with Gasteiger partial charge in [0.1, 0.15) is 0 Å². The monoisotopic (exact) mass is 553 g/mol. The van der Waals surface area contributed by atoms with Crippen LogP contribution in [0.1, 0.15) is 117 Å². The van der Waals surface area contributed by atoms with Crippen molar-refractivity contribution in [1.29, 1.82) is 0 Å². The molecule has 9 heteroatoms. The van der Waals surface area contributed by atoms with Crippen molar-refractivity contribution < 1.29 is 28.8 Å². The molecule has 35 heavy (non-hydrogen) atoms. The third-order valence-corrected chi connectivity index (χ3v) is 10.4. The molecule has 4 unspecified atom stereocenters. The minimum absolute atomic E-state index is 0.0531. The Hall–Kier alpha value is 0.150. The van der Waals surface area contributed by atoms with Crippen LogP contribution >= 0.6 is 31.6 Å². The van der Waals surface area contributed by atoms with Gasteiger partial charge >= 0.3 is 19.5 Å². The average molecular weight is 554 g/mol. The van der Waals surface area contributed by atoms with Crippen LogP contribution in [0.5, 0.6) is 0 Å². The smallest absolute Gasteiger partial charge is 0.474 e. The van der Waals surface area contributed by atoms with Crippen LogP contribution in [-0.4, -0.2) is 56.2 Å². The molecule has 1 aliphatic rings. The van der Waals surface area contributed by atoms with Crippen molar-refractivity contribution in [3.8, 4) is 0 Å². The van der Waals surface area contributed by atoms with Gasteiger partial charge in [0, 0.05) is 10.5 Å². The maximum Gasteiger partial charge on any atom is 0.586 e. The first-order valence-corrected chi connectivity index (χ1v) is 17.1. The van der Waals surface area contributed by atoms with E-state index in [9.17, 15) is 19.4 Å². The van der Waals surface area contributed by atoms with Gasteiger partial charge in [-0.05, 0) is 67.9 Å². The Bertz CT molecular complexity index is 560. The van der Waals surface area contributed by atoms with Gasteiger partial charge in [0.15, 0.2) is 0 Å². The lowest BCUT2D eigenvalue weighted by Gasteiger charge is -2.25. The number of hydrogen-bond donors (Lipinski definition) is 2. The molecule has 0 aromatic carbocycles. The van der Waals surface area contributed by atoms with Crippen molar-refractivity contribution >= 4 is 37.5 Å². The van der Waals surface area contributed by atoms with Crippen LogP contribution in [0.25, 0.3) is 0 Å². The van der Waals surface area contributed by atoms with Gasteiger partial charge in [-0.3, -0.25) is 9.47 Å². The maximum atomic E-state index is 11.7. The average Bonchev–Trinajstić information content (AvgIpc) is 2.84. The molecule has 2 N–H and O–H groups in total. The zero-order valence-corrected chi connectivity index (χ0v) is 24.8. The van der Waals surface area contributed by atoms with Crippen LogP contribution in [0, 0.1) is 0 Å². The van der Waals surface area contributed by atoms with Crippen molar-refractivity contribution in [3.05, 3.63) is 0 Å². The quantitative estimate of drug-likeness (QED) is 0.0791. The van der Waals surface area contributed by atoms with E-state index < -0.39 is 25.6 Å². The zero-order chi connectivity index (χ0) is 25.9. The van der Waals surface area contributed by atoms with E-state index in [0.29, 0.717) is 12.8 Å². The Morgan fingerprint density at radius 1 is 1.03 bits per heavy atom. The number of thioether (sulfide) groups is 2. The highest BCUT2D eigenvalue weighted by Gasteiger charge is 2.62. The predicted octanol–water partition coefficient (Wildman–Crippen LogP) is 7.99. The summed E-state index contributed by atoms with van der Waals surface area (Å²) < 4.78 is 22.3. The highest BCUT2D eigenvalue weighted by molar-refractivity contribution is 8.00. The van der Waals surface area contributed by atoms with Gasteiger partial charge < -0.3 is 5.11 Å². The van der Waals surface area contributed by atoms with Crippen LogP contribution in [0.4, 0.5) is 0 Å². The van der Waals surface area contributed by atoms with E-state index in [4.69, 9.17) is 9.47 Å². The summed E-state index contributed by atoms with van der Waals surface area (Å²) in [5.41, 5.74) is -2.46. The molecule has 0 aromatic rings. The summed E-state index contributed by atoms with van der Waals surface area (Å²) >= 11 is 4.38. The lowest BCUT2D eigenvalue weighted by Crippen LogP contribution is -2.43. The molecule has 0 amide bonds. The van der Waals surface area contributed by atoms with Gasteiger partial charge in [0.25, 0.3) is 0 Å². The SMILES string of the molecule is CCCOC(OC(C)CCCCCCCCSCCC(CC)SC1CCCCC1)(C(=O)O)[P+](=O)O. The Kier molecular flexibility index (Phi) is 19.1. The van der Waals surface area contributed by atoms with E-state index in [0.717, 1.165) is 29.8 Å². The van der Waals surface area contributed by atoms with Crippen LogP contribution in [0.3, 0.4) is 0 Å². The molecule has 1 saturated carbocycles. The zero-order valence-electron chi connectivity index (χ0n) is 22.3. The number of unbranched alkanes of at least 4 members (excludes halogenated alkanes) is 5. The van der Waals surface area contributed by atoms with Crippen LogP contribution in [0.15, 0.2) is 0 Å². The summed E-state index contributed by atoms with van der Waals surface area (Å²) in [7, 11) is -3.17. The summed E-state index contributed by atoms with van der Waals surface area (Å²) in [5.74, 6) is 0.992. The topological polar surface area (TPSA) is 93.1 Å². The van der Waals surface area contributed by atoms with Gasteiger partial charge in [0.2, 0.25) is 0 Å². The highest BCUT2D eigenvalue weighted by Crippen LogP contribution is 2.40. The number of aliphatic carboxylic acids is 1. The molecule has 1 fully saturated rings. The highest BCUT2D eigenvalue weighted by atomic mass is 32.2. The molecule has 1 aliphatic carbocycles. The maximum absolute atomic E-state index is 11.7. The molecule has 0 heterocycles. The molecule has 0 aliphatic heterocycles. The lowest BCUT2D eigenvalue weighted by molar-refractivity contribution is -0.221. The molecule has 0 bridgehead atoms. The second-order valence-electron chi connectivity index (χ2n) is 9.67. The number of rotatable bonds is 22. The van der Waals surface area contributed by atoms with E-state index in [1.807, 2.05) is 0 Å². The summed E-state index contributed by atoms with van der Waals surface area (Å²) in [5, 5.41) is 11.2. The van der Waals surface area contributed by atoms with Crippen molar-refractivity contribution in [2.45, 2.75) is 139 Å². The number of ether oxygens (including phenoxy) is 2. The van der Waals surface area contributed by atoms with Crippen molar-refractivity contribution in [2.75, 3.05) is 18.1 Å². The van der Waals surface area contributed by atoms with Gasteiger partial charge in [0.05, 0.1) is 12.7 Å². The molecule has 0 spiro atoms. The van der Waals surface area contributed by atoms with E-state index >= 15 is 0 Å². The molecule has 4 atom stereocenters. The molecule has 0 saturated heterocycles. The normalized spacial score (nSPS) is 18.7. The Morgan fingerprint density at radius 2 is 1.69 bits per heavy atom. The first kappa shape index (κ1) is 33.2. The molecule has 6 nitrogen and oxygen atoms in total. The van der Waals surface area contributed by atoms with Gasteiger partial charge in [-0.2, -0.15) is 28.4 Å². The predicted molar refractivity (Wildman–Crippen MR) is 150 cm³/mol. The molecule has 0 radical (unpaired) electrons. The summed E-state index contributed by atoms with van der Waals surface area (Å²) in [4.78, 5) is 21.1. The number of carbonyl (C=O) groups is 1. The molecule has 0 aromatic heterocycles. The summed E-state index contributed by atoms with van der Waals surface area (Å²) in [6.45, 7) is 5.94. The minimum atomic E-state index is -3.17. The van der Waals surface area contributed by atoms with Gasteiger partial charge in [-0.15, -0.1) is 0 Å². The van der Waals surface area contributed by atoms with Crippen molar-refractivity contribution in [3.63, 3.8) is 0 Å². The van der Waals surface area contributed by atoms with Crippen molar-refractivity contribution in [1.82, 2.24) is 0 Å². The fraction of sp³-hybridized carbons (Fsp3) is 0.962. The minimum Gasteiger partial charge on any atom is -0.474 e. The van der Waals surface area contributed by atoms with E-state index in [-0.39, 0.29) is 6.61 Å². The summed E-state index contributed by atoms with van der Waals surface area (Å²) in [6.07, 6.45) is 17.4. The first-order chi connectivity index (χ1) is 16.9. The van der Waals surface area contributed by atoms with Crippen LogP contribution in [-0.2, 0) is 18.8 Å². The molecule has 206 valence electrons. The Morgan fingerprint density at radius 3 is 2.29 bits per heavy atom. The van der Waals surface area contributed by atoms with Crippen LogP contribution < -0.4 is 0 Å². The second kappa shape index (κ2) is 20.2. The first-order valence-electron chi connectivity index (χ1n) is 13.8. The molecular weight excluding hydrogens is 503 g/mol. The molecule has 1 rings (SSSR count). The third-order valence-electron chi connectivity index (χ3n) is 6.51. The fourth-order valence-corrected chi connectivity index (χ4v) is 7.85. The summed E-state index contributed by atoms with van der Waals surface area (Å²) in [6, 6.07) is 0. The van der Waals surface area contributed by atoms with E-state index in [1.165, 1.54) is 75.7 Å². The standard InChI is InChI=1S/C26H49O6PS2/c1-4-19-31-26(25(27)28,33(29)30)32-22(3)15-11-8-6-7-9-14-20-34-21-18-23(5-2)35-24-16-12-10-13-17-24/h22-24H,4-21H2,1-3H3,(H-,27,28,29,30)/p+1.